The Morgan fingerprint density at radius 1 is 1.00 bits per heavy atom. The van der Waals surface area contributed by atoms with Gasteiger partial charge in [-0.15, -0.1) is 0 Å². The molecule has 0 fully saturated rings. The van der Waals surface area contributed by atoms with Crippen LogP contribution in [0.25, 0.3) is 0 Å². The van der Waals surface area contributed by atoms with Crippen LogP contribution in [0.3, 0.4) is 0 Å². The van der Waals surface area contributed by atoms with E-state index in [4.69, 9.17) is 0 Å². The van der Waals surface area contributed by atoms with Gasteiger partial charge in [-0.05, 0) is 0 Å². The zero-order chi connectivity index (χ0) is 0. The molecule has 0 aliphatic rings. The van der Waals surface area contributed by atoms with Gasteiger partial charge in [0.25, 0.3) is 0 Å². The molecule has 0 bridgehead atoms. The SMILES string of the molecule is [Ba].[Ca].[Fe].[Mg]. The zero-order valence-corrected chi connectivity index (χ0v) is 11.6. The van der Waals surface area contributed by atoms with E-state index in [0.29, 0.717) is 0 Å². The summed E-state index contributed by atoms with van der Waals surface area (Å²) in [5.41, 5.74) is 0. The maximum atomic E-state index is 0. The number of hydrogen-bond donors (Lipinski definition) is 0. The fourth-order valence-electron chi connectivity index (χ4n) is 0. The molecule has 4 heavy (non-hydrogen) atoms. The minimum absolute atomic E-state index is 0. The molecule has 0 aromatic rings. The molecular formula is BaCaFeMg. The summed E-state index contributed by atoms with van der Waals surface area (Å²) in [6, 6.07) is 0. The Morgan fingerprint density at radius 2 is 1.00 bits per heavy atom. The van der Waals surface area contributed by atoms with Crippen molar-refractivity contribution in [3.05, 3.63) is 0 Å². The van der Waals surface area contributed by atoms with Gasteiger partial charge in [0.05, 0.1) is 0 Å². The summed E-state index contributed by atoms with van der Waals surface area (Å²) in [7, 11) is 0. The van der Waals surface area contributed by atoms with Gasteiger partial charge < -0.3 is 0 Å². The topological polar surface area (TPSA) is 0 Å². The standard InChI is InChI=1S/Ba.Ca.Fe.Mg. The summed E-state index contributed by atoms with van der Waals surface area (Å²) in [5, 5.41) is 0. The largest absolute Gasteiger partial charge is 0 e. The molecule has 14 valence electrons. The molecule has 0 saturated heterocycles. The first-order valence-corrected chi connectivity index (χ1v) is 0. The summed E-state index contributed by atoms with van der Waals surface area (Å²) in [5.74, 6) is 0. The van der Waals surface area contributed by atoms with E-state index >= 15 is 0 Å². The molecule has 0 aromatic carbocycles. The molecule has 0 saturated carbocycles. The Bertz CT molecular complexity index is 8.00. The van der Waals surface area contributed by atoms with Crippen molar-refractivity contribution in [2.75, 3.05) is 0 Å². The van der Waals surface area contributed by atoms with Gasteiger partial charge in [-0.25, -0.2) is 0 Å². The maximum Gasteiger partial charge on any atom is 0 e. The third-order valence-electron chi connectivity index (χ3n) is 0. The Balaban J connectivity index is 0. The summed E-state index contributed by atoms with van der Waals surface area (Å²) in [6.07, 6.45) is 0. The summed E-state index contributed by atoms with van der Waals surface area (Å²) in [4.78, 5) is 0. The molecule has 4 heteroatoms. The van der Waals surface area contributed by atoms with Crippen LogP contribution in [0.1, 0.15) is 0 Å². The van der Waals surface area contributed by atoms with Gasteiger partial charge in [0.1, 0.15) is 0 Å². The molecule has 0 spiro atoms. The molecule has 0 unspecified atom stereocenters. The summed E-state index contributed by atoms with van der Waals surface area (Å²) >= 11 is 0. The minimum Gasteiger partial charge on any atom is 0 e. The van der Waals surface area contributed by atoms with Crippen LogP contribution < -0.4 is 0 Å². The van der Waals surface area contributed by atoms with E-state index in [0.717, 1.165) is 0 Å². The van der Waals surface area contributed by atoms with Crippen LogP contribution in [0.4, 0.5) is 0 Å². The molecule has 0 N–H and O–H groups in total. The van der Waals surface area contributed by atoms with Crippen LogP contribution >= 0.6 is 0 Å². The molecule has 0 amide bonds. The zero-order valence-electron chi connectivity index (χ0n) is 2.47. The summed E-state index contributed by atoms with van der Waals surface area (Å²) < 4.78 is 0. The fraction of sp³-hybridized carbons (Fsp3) is 0. The first-order valence-electron chi connectivity index (χ1n) is 0. The monoisotopic (exact) mass is 258 g/mol. The van der Waals surface area contributed by atoms with Gasteiger partial charge in [0, 0.05) is 127 Å². The molecule has 0 aliphatic heterocycles. The predicted octanol–water partition coefficient (Wildman–Crippen LogP) is -1.14. The van der Waals surface area contributed by atoms with Gasteiger partial charge in [-0.3, -0.25) is 0 Å². The van der Waals surface area contributed by atoms with Crippen molar-refractivity contribution in [1.29, 1.82) is 0 Å². The van der Waals surface area contributed by atoms with Crippen LogP contribution in [0.15, 0.2) is 0 Å². The first kappa shape index (κ1) is 24.3. The molecular weight excluding hydrogens is 258 g/mol. The van der Waals surface area contributed by atoms with Crippen molar-refractivity contribution in [1.82, 2.24) is 0 Å². The van der Waals surface area contributed by atoms with Gasteiger partial charge >= 0.3 is 0 Å². The van der Waals surface area contributed by atoms with Crippen LogP contribution in [0.2, 0.25) is 0 Å². The van der Waals surface area contributed by atoms with Crippen molar-refractivity contribution < 1.29 is 17.1 Å². The number of rotatable bonds is 0. The Labute approximate surface area is 123 Å². The van der Waals surface area contributed by atoms with Crippen molar-refractivity contribution >= 4 is 110 Å². The molecule has 0 aromatic heterocycles. The molecule has 0 heterocycles. The molecule has 0 atom stereocenters. The molecule has 0 rings (SSSR count). The van der Waals surface area contributed by atoms with Gasteiger partial charge in [-0.2, -0.15) is 0 Å². The third kappa shape index (κ3) is 9.45. The average molecular weight is 258 g/mol. The average Bonchev–Trinajstić information content (AvgIpc) is 0. The first-order chi connectivity index (χ1) is 0. The summed E-state index contributed by atoms with van der Waals surface area (Å²) in [6.45, 7) is 0. The predicted molar refractivity (Wildman–Crippen MR) is 17.3 cm³/mol. The van der Waals surface area contributed by atoms with E-state index in [9.17, 15) is 0 Å². The smallest absolute Gasteiger partial charge is 0 e. The van der Waals surface area contributed by atoms with Crippen molar-refractivity contribution in [3.8, 4) is 0 Å². The van der Waals surface area contributed by atoms with Crippen molar-refractivity contribution in [2.45, 2.75) is 0 Å². The second-order valence-corrected chi connectivity index (χ2v) is 0. The third-order valence-corrected chi connectivity index (χ3v) is 0. The van der Waals surface area contributed by atoms with Gasteiger partial charge in [0.2, 0.25) is 0 Å². The van der Waals surface area contributed by atoms with Crippen LogP contribution in [0.5, 0.6) is 0 Å². The maximum absolute atomic E-state index is 0. The molecule has 0 nitrogen and oxygen atoms in total. The second kappa shape index (κ2) is 15.7. The second-order valence-electron chi connectivity index (χ2n) is 0. The van der Waals surface area contributed by atoms with E-state index in [1.54, 1.807) is 0 Å². The van der Waals surface area contributed by atoms with E-state index in [-0.39, 0.29) is 127 Å². The van der Waals surface area contributed by atoms with Crippen LogP contribution in [-0.2, 0) is 17.1 Å². The Morgan fingerprint density at radius 3 is 1.00 bits per heavy atom. The molecule has 0 aliphatic carbocycles. The fourth-order valence-corrected chi connectivity index (χ4v) is 0. The van der Waals surface area contributed by atoms with Crippen molar-refractivity contribution in [3.63, 3.8) is 0 Å². The quantitative estimate of drug-likeness (QED) is 0.481. The van der Waals surface area contributed by atoms with E-state index in [1.807, 2.05) is 0 Å². The van der Waals surface area contributed by atoms with Crippen LogP contribution in [-0.4, -0.2) is 110 Å². The van der Waals surface area contributed by atoms with E-state index in [2.05, 4.69) is 0 Å². The van der Waals surface area contributed by atoms with Gasteiger partial charge in [0.15, 0.2) is 0 Å². The van der Waals surface area contributed by atoms with E-state index in [1.165, 1.54) is 0 Å². The number of hydrogen-bond acceptors (Lipinski definition) is 0. The Kier molecular flexibility index (Phi) is 95.3. The minimum atomic E-state index is 0. The van der Waals surface area contributed by atoms with Crippen molar-refractivity contribution in [2.24, 2.45) is 0 Å². The van der Waals surface area contributed by atoms with Crippen LogP contribution in [0, 0.1) is 0 Å². The van der Waals surface area contributed by atoms with E-state index < -0.39 is 0 Å². The Hall–Kier alpha value is 4.12. The normalized spacial score (nSPS) is 0. The van der Waals surface area contributed by atoms with Gasteiger partial charge in [-0.1, -0.05) is 0 Å². The molecule has 6 radical (unpaired) electrons.